The number of nitrogens with zero attached hydrogens (tertiary/aromatic N) is 4. The van der Waals surface area contributed by atoms with E-state index in [1.165, 1.54) is 6.42 Å². The van der Waals surface area contributed by atoms with E-state index in [4.69, 9.17) is 4.74 Å². The highest BCUT2D eigenvalue weighted by Crippen LogP contribution is 2.42. The second-order valence-corrected chi connectivity index (χ2v) is 7.89. The third-order valence-electron chi connectivity index (χ3n) is 6.23. The normalized spacial score (nSPS) is 25.2. The molecule has 3 aromatic heterocycles. The lowest BCUT2D eigenvalue weighted by atomic mass is 9.93. The number of hydrogen-bond acceptors (Lipinski definition) is 6. The molecular weight excluding hydrogens is 358 g/mol. The number of H-pyrrole nitrogens is 1. The lowest BCUT2D eigenvalue weighted by Gasteiger charge is -2.26. The molecule has 5 rings (SSSR count). The van der Waals surface area contributed by atoms with E-state index in [0.717, 1.165) is 54.7 Å². The van der Waals surface area contributed by atoms with Crippen LogP contribution in [0.3, 0.4) is 0 Å². The minimum atomic E-state index is -0.393. The topological polar surface area (TPSA) is 109 Å². The van der Waals surface area contributed by atoms with Gasteiger partial charge in [-0.2, -0.15) is 0 Å². The molecule has 9 nitrogen and oxygen atoms in total. The van der Waals surface area contributed by atoms with Crippen LogP contribution in [0.1, 0.15) is 57.2 Å². The van der Waals surface area contributed by atoms with Gasteiger partial charge >= 0.3 is 6.09 Å². The van der Waals surface area contributed by atoms with Crippen molar-refractivity contribution in [1.29, 1.82) is 0 Å². The summed E-state index contributed by atoms with van der Waals surface area (Å²) in [6.07, 6.45) is 9.12. The number of amides is 1. The Bertz CT molecular complexity index is 993. The van der Waals surface area contributed by atoms with Gasteiger partial charge in [0, 0.05) is 18.2 Å². The first kappa shape index (κ1) is 17.4. The van der Waals surface area contributed by atoms with Crippen LogP contribution in [0, 0.1) is 5.92 Å². The zero-order chi connectivity index (χ0) is 19.1. The van der Waals surface area contributed by atoms with Gasteiger partial charge in [-0.3, -0.25) is 9.83 Å². The van der Waals surface area contributed by atoms with Crippen molar-refractivity contribution in [3.8, 4) is 0 Å². The summed E-state index contributed by atoms with van der Waals surface area (Å²) >= 11 is 0. The summed E-state index contributed by atoms with van der Waals surface area (Å²) in [5.74, 6) is 1.51. The van der Waals surface area contributed by atoms with E-state index >= 15 is 0 Å². The van der Waals surface area contributed by atoms with E-state index in [1.54, 1.807) is 6.20 Å². The summed E-state index contributed by atoms with van der Waals surface area (Å²) in [5.41, 5.74) is 8.25. The summed E-state index contributed by atoms with van der Waals surface area (Å²) < 4.78 is 7.76. The number of ether oxygens (including phenoxy) is 1. The quantitative estimate of drug-likeness (QED) is 0.585. The van der Waals surface area contributed by atoms with Crippen molar-refractivity contribution >= 4 is 22.9 Å². The molecule has 0 aromatic carbocycles. The van der Waals surface area contributed by atoms with Gasteiger partial charge in [0.05, 0.1) is 11.7 Å². The van der Waals surface area contributed by atoms with Gasteiger partial charge in [0.1, 0.15) is 11.9 Å². The number of nitrogens with one attached hydrogen (secondary N) is 3. The van der Waals surface area contributed by atoms with Crippen molar-refractivity contribution < 1.29 is 9.53 Å². The van der Waals surface area contributed by atoms with Crippen molar-refractivity contribution in [3.05, 3.63) is 24.3 Å². The monoisotopic (exact) mass is 383 g/mol. The predicted octanol–water partition coefficient (Wildman–Crippen LogP) is 2.66. The molecule has 0 spiro atoms. The van der Waals surface area contributed by atoms with Gasteiger partial charge in [0.15, 0.2) is 11.3 Å². The standard InChI is InChI=1S/C19H25N7O2/c1-2-11-8-13(28-19(27)25-22-12-4-3-5-12)9-14(11)18-24-23-16-10-21-17-15(26(16)18)6-7-20-17/h6-7,10-14,20,22H,2-5,8-9H2,1H3,(H,25,27)/t11-,13+,14+/m1/s1. The molecule has 0 saturated heterocycles. The van der Waals surface area contributed by atoms with Gasteiger partial charge in [0.2, 0.25) is 0 Å². The number of hydrazine groups is 1. The highest BCUT2D eigenvalue weighted by atomic mass is 16.6. The number of rotatable bonds is 5. The van der Waals surface area contributed by atoms with Crippen molar-refractivity contribution in [1.82, 2.24) is 35.4 Å². The van der Waals surface area contributed by atoms with Crippen LogP contribution in [-0.2, 0) is 4.74 Å². The molecule has 2 aliphatic rings. The van der Waals surface area contributed by atoms with Gasteiger partial charge in [-0.1, -0.05) is 19.8 Å². The molecule has 0 bridgehead atoms. The zero-order valence-corrected chi connectivity index (χ0v) is 15.9. The fourth-order valence-corrected chi connectivity index (χ4v) is 4.47. The number of aromatic amines is 1. The lowest BCUT2D eigenvalue weighted by molar-refractivity contribution is 0.0909. The van der Waals surface area contributed by atoms with E-state index in [0.29, 0.717) is 12.0 Å². The second kappa shape index (κ2) is 7.05. The first-order valence-corrected chi connectivity index (χ1v) is 10.1. The van der Waals surface area contributed by atoms with Crippen LogP contribution in [0.5, 0.6) is 0 Å². The molecule has 28 heavy (non-hydrogen) atoms. The highest BCUT2D eigenvalue weighted by Gasteiger charge is 2.39. The molecule has 2 saturated carbocycles. The first-order valence-electron chi connectivity index (χ1n) is 10.1. The van der Waals surface area contributed by atoms with Crippen molar-refractivity contribution in [2.75, 3.05) is 0 Å². The Morgan fingerprint density at radius 3 is 3.04 bits per heavy atom. The van der Waals surface area contributed by atoms with Gasteiger partial charge in [-0.05, 0) is 37.7 Å². The number of hydrogen-bond donors (Lipinski definition) is 3. The summed E-state index contributed by atoms with van der Waals surface area (Å²) in [7, 11) is 0. The molecule has 3 heterocycles. The molecule has 2 aliphatic carbocycles. The van der Waals surface area contributed by atoms with Gasteiger partial charge < -0.3 is 9.72 Å². The molecule has 3 atom stereocenters. The maximum absolute atomic E-state index is 12.1. The van der Waals surface area contributed by atoms with Gasteiger partial charge in [-0.25, -0.2) is 15.2 Å². The Hall–Kier alpha value is -2.68. The van der Waals surface area contributed by atoms with Crippen molar-refractivity contribution in [3.63, 3.8) is 0 Å². The molecule has 148 valence electrons. The molecule has 1 amide bonds. The van der Waals surface area contributed by atoms with Crippen LogP contribution in [-0.4, -0.2) is 42.8 Å². The second-order valence-electron chi connectivity index (χ2n) is 7.89. The molecule has 3 aromatic rings. The number of aromatic nitrogens is 5. The molecule has 0 aliphatic heterocycles. The van der Waals surface area contributed by atoms with Crippen molar-refractivity contribution in [2.24, 2.45) is 5.92 Å². The minimum Gasteiger partial charge on any atom is -0.445 e. The van der Waals surface area contributed by atoms with Crippen LogP contribution >= 0.6 is 0 Å². The number of fused-ring (bicyclic) bond motifs is 3. The predicted molar refractivity (Wildman–Crippen MR) is 103 cm³/mol. The van der Waals surface area contributed by atoms with Crippen LogP contribution < -0.4 is 10.9 Å². The fourth-order valence-electron chi connectivity index (χ4n) is 4.47. The number of carbonyl (C=O) groups is 1. The lowest BCUT2D eigenvalue weighted by Crippen LogP contribution is -2.48. The largest absolute Gasteiger partial charge is 0.445 e. The third-order valence-corrected chi connectivity index (χ3v) is 6.23. The maximum Gasteiger partial charge on any atom is 0.421 e. The van der Waals surface area contributed by atoms with Crippen molar-refractivity contribution in [2.45, 2.75) is 63.5 Å². The van der Waals surface area contributed by atoms with E-state index in [9.17, 15) is 4.79 Å². The van der Waals surface area contributed by atoms with Crippen LogP contribution in [0.2, 0.25) is 0 Å². The maximum atomic E-state index is 12.1. The molecule has 0 radical (unpaired) electrons. The smallest absolute Gasteiger partial charge is 0.421 e. The average Bonchev–Trinajstić information content (AvgIpc) is 3.36. The Morgan fingerprint density at radius 2 is 2.25 bits per heavy atom. The highest BCUT2D eigenvalue weighted by molar-refractivity contribution is 5.74. The first-order chi connectivity index (χ1) is 13.7. The van der Waals surface area contributed by atoms with Gasteiger partial charge in [-0.15, -0.1) is 10.2 Å². The third kappa shape index (κ3) is 2.99. The Balaban J connectivity index is 1.34. The number of carbonyl (C=O) groups excluding carboxylic acids is 1. The van der Waals surface area contributed by atoms with Crippen LogP contribution in [0.25, 0.3) is 16.8 Å². The minimum absolute atomic E-state index is 0.117. The average molecular weight is 383 g/mol. The summed E-state index contributed by atoms with van der Waals surface area (Å²) in [4.78, 5) is 19.7. The van der Waals surface area contributed by atoms with Gasteiger partial charge in [0.25, 0.3) is 0 Å². The fraction of sp³-hybridized carbons (Fsp3) is 0.579. The zero-order valence-electron chi connectivity index (χ0n) is 15.9. The molecule has 0 unspecified atom stereocenters. The van der Waals surface area contributed by atoms with E-state index in [1.807, 2.05) is 12.3 Å². The molecular formula is C19H25N7O2. The SMILES string of the molecule is CC[C@@H]1C[C@H](OC(=O)NNC2CCC2)C[C@@H]1c1nnc2cnc3[nH]ccc3n12. The molecule has 2 fully saturated rings. The molecule has 9 heteroatoms. The van der Waals surface area contributed by atoms with Crippen LogP contribution in [0.15, 0.2) is 18.5 Å². The summed E-state index contributed by atoms with van der Waals surface area (Å²) in [5, 5.41) is 8.81. The Kier molecular flexibility index (Phi) is 4.38. The van der Waals surface area contributed by atoms with E-state index in [2.05, 4.69) is 42.3 Å². The Labute approximate surface area is 162 Å². The van der Waals surface area contributed by atoms with E-state index in [-0.39, 0.29) is 12.0 Å². The summed E-state index contributed by atoms with van der Waals surface area (Å²) in [6, 6.07) is 2.37. The van der Waals surface area contributed by atoms with E-state index < -0.39 is 6.09 Å². The van der Waals surface area contributed by atoms with Crippen LogP contribution in [0.4, 0.5) is 4.79 Å². The Morgan fingerprint density at radius 1 is 1.36 bits per heavy atom. The summed E-state index contributed by atoms with van der Waals surface area (Å²) in [6.45, 7) is 2.18. The molecule has 3 N–H and O–H groups in total.